The predicted molar refractivity (Wildman–Crippen MR) is 187 cm³/mol. The van der Waals surface area contributed by atoms with Crippen LogP contribution in [0.2, 0.25) is 0 Å². The van der Waals surface area contributed by atoms with E-state index in [2.05, 4.69) is 0 Å². The highest BCUT2D eigenvalue weighted by Gasteiger charge is 2.28. The van der Waals surface area contributed by atoms with E-state index < -0.39 is 17.1 Å². The Morgan fingerprint density at radius 2 is 1.13 bits per heavy atom. The third-order valence-electron chi connectivity index (χ3n) is 9.69. The van der Waals surface area contributed by atoms with Gasteiger partial charge >= 0.3 is 17.1 Å². The van der Waals surface area contributed by atoms with Gasteiger partial charge in [-0.15, -0.1) is 0 Å². The number of aliphatic hydroxyl groups excluding tert-OH is 1. The van der Waals surface area contributed by atoms with Gasteiger partial charge in [-0.3, -0.25) is 0 Å². The van der Waals surface area contributed by atoms with E-state index in [9.17, 15) is 29.7 Å². The van der Waals surface area contributed by atoms with Gasteiger partial charge in [0.2, 0.25) is 0 Å². The summed E-state index contributed by atoms with van der Waals surface area (Å²) in [7, 11) is 0. The van der Waals surface area contributed by atoms with Gasteiger partial charge in [-0.2, -0.15) is 0 Å². The molecule has 4 rings (SSSR count). The first kappa shape index (κ1) is 35.6. The van der Waals surface area contributed by atoms with Crippen LogP contribution < -0.4 is 17.1 Å². The minimum absolute atomic E-state index is 0.0743. The number of hydrogen-bond donors (Lipinski definition) is 3. The average molecular weight is 646 g/mol. The van der Waals surface area contributed by atoms with Crippen molar-refractivity contribution in [1.29, 1.82) is 0 Å². The molecule has 0 bridgehead atoms. The molecule has 0 saturated heterocycles. The van der Waals surface area contributed by atoms with Crippen LogP contribution in [0.5, 0.6) is 11.5 Å². The molecule has 0 aliphatic heterocycles. The zero-order valence-electron chi connectivity index (χ0n) is 29.8. The molecule has 1 aliphatic rings. The van der Waals surface area contributed by atoms with Crippen molar-refractivity contribution in [1.82, 2.24) is 13.7 Å². The second-order valence-corrected chi connectivity index (χ2v) is 15.3. The van der Waals surface area contributed by atoms with Crippen molar-refractivity contribution in [3.05, 3.63) is 112 Å². The maximum absolute atomic E-state index is 14.1. The number of nitrogens with zero attached hydrogens (tertiary/aromatic N) is 3. The van der Waals surface area contributed by atoms with Crippen LogP contribution in [0.15, 0.2) is 61.1 Å². The molecule has 0 saturated carbocycles. The van der Waals surface area contributed by atoms with Gasteiger partial charge in [0, 0.05) is 0 Å². The Morgan fingerprint density at radius 3 is 1.60 bits per heavy atom. The van der Waals surface area contributed by atoms with Gasteiger partial charge in [-0.05, 0) is 100 Å². The van der Waals surface area contributed by atoms with Crippen molar-refractivity contribution in [2.75, 3.05) is 0 Å². The lowest BCUT2D eigenvalue weighted by molar-refractivity contribution is 0.363. The Bertz CT molecular complexity index is 1970. The lowest BCUT2D eigenvalue weighted by Crippen LogP contribution is -2.55. The van der Waals surface area contributed by atoms with Gasteiger partial charge in [-0.1, -0.05) is 79.7 Å². The van der Waals surface area contributed by atoms with Gasteiger partial charge in [-0.25, -0.2) is 28.1 Å². The van der Waals surface area contributed by atoms with Crippen LogP contribution in [-0.2, 0) is 25.0 Å². The third-order valence-corrected chi connectivity index (χ3v) is 9.69. The fourth-order valence-corrected chi connectivity index (χ4v) is 6.44. The van der Waals surface area contributed by atoms with E-state index in [-0.39, 0.29) is 53.6 Å². The summed E-state index contributed by atoms with van der Waals surface area (Å²) >= 11 is 0. The van der Waals surface area contributed by atoms with Crippen LogP contribution in [0.25, 0.3) is 0 Å². The van der Waals surface area contributed by atoms with Gasteiger partial charge < -0.3 is 15.3 Å². The molecule has 254 valence electrons. The topological polar surface area (TPSA) is 127 Å². The fourth-order valence-electron chi connectivity index (χ4n) is 6.44. The summed E-state index contributed by atoms with van der Waals surface area (Å²) in [5.74, 6) is 0.476. The van der Waals surface area contributed by atoms with Crippen LogP contribution in [0.1, 0.15) is 114 Å². The first-order valence-corrected chi connectivity index (χ1v) is 16.4. The Labute approximate surface area is 277 Å². The van der Waals surface area contributed by atoms with Crippen LogP contribution >= 0.6 is 0 Å². The summed E-state index contributed by atoms with van der Waals surface area (Å²) in [6.07, 6.45) is 1.14. The predicted octanol–water partition coefficient (Wildman–Crippen LogP) is 6.69. The number of phenols is 2. The van der Waals surface area contributed by atoms with E-state index in [4.69, 9.17) is 0 Å². The molecule has 2 aromatic carbocycles. The summed E-state index contributed by atoms with van der Waals surface area (Å²) in [5.41, 5.74) is 3.17. The van der Waals surface area contributed by atoms with E-state index in [0.29, 0.717) is 40.7 Å². The molecule has 0 radical (unpaired) electrons. The number of benzene rings is 2. The standard InChI is InChI=1S/C38H51N3O6/c1-21(2)28-15-12-25(22(3)31(28)42)18-39-34(45)40(19-26-13-16-29(37(6,7)8)32(43)23(26)4)36(47)41(35(39)46)20-27-14-17-30(38(9,10)11)33(44)24(27)5/h12-13,15-16,21,42-44H,14,17-20H2,1-11H3. The number of hydrogen-bond acceptors (Lipinski definition) is 6. The maximum Gasteiger partial charge on any atom is 0.336 e. The summed E-state index contributed by atoms with van der Waals surface area (Å²) in [4.78, 5) is 42.2. The largest absolute Gasteiger partial charge is 0.508 e. The summed E-state index contributed by atoms with van der Waals surface area (Å²) < 4.78 is 3.13. The molecule has 0 amide bonds. The van der Waals surface area contributed by atoms with Crippen LogP contribution in [-0.4, -0.2) is 29.0 Å². The second-order valence-electron chi connectivity index (χ2n) is 15.3. The van der Waals surface area contributed by atoms with E-state index in [1.54, 1.807) is 45.0 Å². The van der Waals surface area contributed by atoms with Gasteiger partial charge in [0.25, 0.3) is 0 Å². The number of rotatable bonds is 7. The van der Waals surface area contributed by atoms with Crippen molar-refractivity contribution >= 4 is 0 Å². The summed E-state index contributed by atoms with van der Waals surface area (Å²) in [5, 5.41) is 33.1. The monoisotopic (exact) mass is 645 g/mol. The molecule has 3 N–H and O–H groups in total. The van der Waals surface area contributed by atoms with E-state index >= 15 is 0 Å². The van der Waals surface area contributed by atoms with Crippen molar-refractivity contribution in [2.45, 2.75) is 120 Å². The molecule has 0 atom stereocenters. The molecule has 1 aromatic heterocycles. The molecule has 0 spiro atoms. The Balaban J connectivity index is 1.94. The molecule has 3 aromatic rings. The van der Waals surface area contributed by atoms with Crippen LogP contribution in [0.4, 0.5) is 0 Å². The highest BCUT2D eigenvalue weighted by atomic mass is 16.3. The number of aliphatic hydroxyl groups is 1. The van der Waals surface area contributed by atoms with E-state index in [1.165, 1.54) is 0 Å². The molecular formula is C38H51N3O6. The first-order chi connectivity index (χ1) is 21.7. The maximum atomic E-state index is 14.1. The van der Waals surface area contributed by atoms with Crippen LogP contribution in [0.3, 0.4) is 0 Å². The molecule has 1 aliphatic carbocycles. The second kappa shape index (κ2) is 12.7. The Kier molecular flexibility index (Phi) is 9.64. The van der Waals surface area contributed by atoms with Crippen molar-refractivity contribution in [3.8, 4) is 11.5 Å². The zero-order valence-corrected chi connectivity index (χ0v) is 29.8. The first-order valence-electron chi connectivity index (χ1n) is 16.4. The van der Waals surface area contributed by atoms with Crippen LogP contribution in [0, 0.1) is 19.3 Å². The fraction of sp³-hybridized carbons (Fsp3) is 0.500. The van der Waals surface area contributed by atoms with E-state index in [0.717, 1.165) is 36.0 Å². The molecule has 0 fully saturated rings. The minimum Gasteiger partial charge on any atom is -0.508 e. The number of phenolic OH excluding ortho intramolecular Hbond substituents is 2. The summed E-state index contributed by atoms with van der Waals surface area (Å²) in [6.45, 7) is 20.9. The van der Waals surface area contributed by atoms with Gasteiger partial charge in [0.05, 0.1) is 19.6 Å². The zero-order chi connectivity index (χ0) is 35.3. The Morgan fingerprint density at radius 1 is 0.660 bits per heavy atom. The van der Waals surface area contributed by atoms with Gasteiger partial charge in [0.15, 0.2) is 0 Å². The van der Waals surface area contributed by atoms with Gasteiger partial charge in [0.1, 0.15) is 17.3 Å². The molecule has 47 heavy (non-hydrogen) atoms. The smallest absolute Gasteiger partial charge is 0.336 e. The van der Waals surface area contributed by atoms with Crippen molar-refractivity contribution < 1.29 is 15.3 Å². The molecule has 0 unspecified atom stereocenters. The molecule has 1 heterocycles. The average Bonchev–Trinajstić information content (AvgIpc) is 2.96. The number of allylic oxidation sites excluding steroid dienone is 3. The molecular weight excluding hydrogens is 594 g/mol. The molecule has 9 nitrogen and oxygen atoms in total. The minimum atomic E-state index is -0.783. The number of aromatic hydroxyl groups is 2. The quantitative estimate of drug-likeness (QED) is 0.263. The lowest BCUT2D eigenvalue weighted by Gasteiger charge is -2.30. The lowest BCUT2D eigenvalue weighted by atomic mass is 9.77. The van der Waals surface area contributed by atoms with Crippen molar-refractivity contribution in [2.24, 2.45) is 5.41 Å². The van der Waals surface area contributed by atoms with Crippen molar-refractivity contribution in [3.63, 3.8) is 0 Å². The normalized spacial score (nSPS) is 14.5. The van der Waals surface area contributed by atoms with E-state index in [1.807, 2.05) is 55.4 Å². The highest BCUT2D eigenvalue weighted by Crippen LogP contribution is 2.39. The molecule has 9 heteroatoms. The number of aromatic nitrogens is 3. The summed E-state index contributed by atoms with van der Waals surface area (Å²) in [6, 6.07) is 7.20. The Hall–Kier alpha value is -4.27. The third kappa shape index (κ3) is 6.76. The SMILES string of the molecule is CC1=C(Cn2c(=O)n(Cc3ccc(C(C)C)c(O)c3C)c(=O)n(Cc3ccc(C(C)(C)C)c(O)c3C)c2=O)CCC(C(C)(C)C)=C1O. The highest BCUT2D eigenvalue weighted by molar-refractivity contribution is 5.48.